The van der Waals surface area contributed by atoms with Crippen LogP contribution < -0.4 is 5.56 Å². The van der Waals surface area contributed by atoms with Crippen molar-refractivity contribution < 1.29 is 8.78 Å². The highest BCUT2D eigenvalue weighted by Gasteiger charge is 2.40. The molecule has 0 amide bonds. The number of rotatable bonds is 3. The number of alkyl halides is 2. The zero-order valence-electron chi connectivity index (χ0n) is 15.0. The molecule has 1 N–H and O–H groups in total. The van der Waals surface area contributed by atoms with Crippen LogP contribution in [0.4, 0.5) is 8.78 Å². The molecule has 0 saturated heterocycles. The standard InChI is InChI=1S/C19H13F2N7O/c1-27-10-12(9-22-27)15-5-6-16-24-25-18(28(16)26-15)19(20,21)13-3-4-14-11(8-13)2-7-17(29)23-14/h2-10H,1H3,(H,23,29). The molecular weight excluding hydrogens is 380 g/mol. The van der Waals surface area contributed by atoms with Gasteiger partial charge in [-0.3, -0.25) is 9.48 Å². The van der Waals surface area contributed by atoms with Crippen molar-refractivity contribution in [3.05, 3.63) is 76.6 Å². The molecule has 5 rings (SSSR count). The monoisotopic (exact) mass is 393 g/mol. The van der Waals surface area contributed by atoms with E-state index < -0.39 is 11.7 Å². The number of hydrogen-bond acceptors (Lipinski definition) is 5. The molecule has 0 fully saturated rings. The van der Waals surface area contributed by atoms with Crippen molar-refractivity contribution in [1.82, 2.24) is 34.6 Å². The third kappa shape index (κ3) is 2.76. The van der Waals surface area contributed by atoms with Gasteiger partial charge in [0.1, 0.15) is 0 Å². The number of hydrogen-bond donors (Lipinski definition) is 1. The number of aromatic nitrogens is 7. The van der Waals surface area contributed by atoms with Gasteiger partial charge < -0.3 is 4.98 Å². The molecule has 0 radical (unpaired) electrons. The lowest BCUT2D eigenvalue weighted by atomic mass is 10.0. The first kappa shape index (κ1) is 17.2. The molecule has 29 heavy (non-hydrogen) atoms. The molecule has 5 aromatic rings. The fraction of sp³-hybridized carbons (Fsp3) is 0.105. The first-order valence-corrected chi connectivity index (χ1v) is 8.65. The first-order valence-electron chi connectivity index (χ1n) is 8.65. The smallest absolute Gasteiger partial charge is 0.322 e. The summed E-state index contributed by atoms with van der Waals surface area (Å²) in [6.07, 6.45) is 3.33. The number of H-pyrrole nitrogens is 1. The number of fused-ring (bicyclic) bond motifs is 2. The summed E-state index contributed by atoms with van der Waals surface area (Å²) in [5.41, 5.74) is 1.26. The van der Waals surface area contributed by atoms with E-state index in [0.29, 0.717) is 22.2 Å². The highest BCUT2D eigenvalue weighted by molar-refractivity contribution is 5.79. The predicted molar refractivity (Wildman–Crippen MR) is 101 cm³/mol. The van der Waals surface area contributed by atoms with Gasteiger partial charge in [-0.2, -0.15) is 23.5 Å². The number of aromatic amines is 1. The molecule has 0 aliphatic heterocycles. The van der Waals surface area contributed by atoms with Crippen LogP contribution in [-0.2, 0) is 13.0 Å². The minimum atomic E-state index is -3.45. The SMILES string of the molecule is Cn1cc(-c2ccc3nnc(C(F)(F)c4ccc5[nH]c(=O)ccc5c4)n3n2)cn1. The first-order chi connectivity index (χ1) is 13.9. The highest BCUT2D eigenvalue weighted by atomic mass is 19.3. The summed E-state index contributed by atoms with van der Waals surface area (Å²) in [6, 6.07) is 10.1. The van der Waals surface area contributed by atoms with Gasteiger partial charge in [-0.25, -0.2) is 0 Å². The molecule has 0 spiro atoms. The number of nitrogens with one attached hydrogen (secondary N) is 1. The second-order valence-electron chi connectivity index (χ2n) is 6.61. The predicted octanol–water partition coefficient (Wildman–Crippen LogP) is 2.51. The fourth-order valence-electron chi connectivity index (χ4n) is 3.17. The van der Waals surface area contributed by atoms with E-state index in [0.717, 1.165) is 4.52 Å². The Morgan fingerprint density at radius 3 is 2.72 bits per heavy atom. The van der Waals surface area contributed by atoms with Gasteiger partial charge in [0.2, 0.25) is 11.4 Å². The maximum atomic E-state index is 15.3. The van der Waals surface area contributed by atoms with Gasteiger partial charge in [0.25, 0.3) is 0 Å². The maximum Gasteiger partial charge on any atom is 0.333 e. The molecule has 8 nitrogen and oxygen atoms in total. The van der Waals surface area contributed by atoms with Gasteiger partial charge in [0.05, 0.1) is 11.9 Å². The molecule has 0 aliphatic rings. The quantitative estimate of drug-likeness (QED) is 0.508. The summed E-state index contributed by atoms with van der Waals surface area (Å²) in [5.74, 6) is -4.05. The largest absolute Gasteiger partial charge is 0.333 e. The van der Waals surface area contributed by atoms with E-state index in [9.17, 15) is 4.79 Å². The van der Waals surface area contributed by atoms with Crippen LogP contribution in [0, 0.1) is 0 Å². The zero-order chi connectivity index (χ0) is 20.2. The third-order valence-corrected chi connectivity index (χ3v) is 4.63. The summed E-state index contributed by atoms with van der Waals surface area (Å²) >= 11 is 0. The lowest BCUT2D eigenvalue weighted by Crippen LogP contribution is -2.20. The van der Waals surface area contributed by atoms with Crippen LogP contribution in [0.1, 0.15) is 11.4 Å². The molecule has 4 aromatic heterocycles. The summed E-state index contributed by atoms with van der Waals surface area (Å²) in [5, 5.41) is 16.4. The number of halogens is 2. The van der Waals surface area contributed by atoms with Crippen molar-refractivity contribution >= 4 is 16.6 Å². The Kier molecular flexibility index (Phi) is 3.57. The maximum absolute atomic E-state index is 15.3. The third-order valence-electron chi connectivity index (χ3n) is 4.63. The van der Waals surface area contributed by atoms with E-state index in [2.05, 4.69) is 25.4 Å². The molecule has 0 atom stereocenters. The zero-order valence-corrected chi connectivity index (χ0v) is 15.0. The Hall–Kier alpha value is -3.95. The van der Waals surface area contributed by atoms with Crippen LogP contribution in [-0.4, -0.2) is 34.6 Å². The number of aryl methyl sites for hydroxylation is 1. The summed E-state index contributed by atoms with van der Waals surface area (Å²) in [6.45, 7) is 0. The van der Waals surface area contributed by atoms with Gasteiger partial charge in [-0.05, 0) is 35.7 Å². The Morgan fingerprint density at radius 2 is 1.93 bits per heavy atom. The van der Waals surface area contributed by atoms with Crippen LogP contribution in [0.2, 0.25) is 0 Å². The molecule has 0 aliphatic carbocycles. The van der Waals surface area contributed by atoms with Crippen molar-refractivity contribution in [2.24, 2.45) is 7.05 Å². The van der Waals surface area contributed by atoms with Gasteiger partial charge in [-0.1, -0.05) is 6.07 Å². The molecule has 0 bridgehead atoms. The number of nitrogens with zero attached hydrogens (tertiary/aromatic N) is 6. The molecule has 1 aromatic carbocycles. The van der Waals surface area contributed by atoms with Gasteiger partial charge in [0, 0.05) is 36.0 Å². The van der Waals surface area contributed by atoms with Crippen LogP contribution in [0.25, 0.3) is 27.8 Å². The Balaban J connectivity index is 1.65. The Bertz CT molecular complexity index is 1430. The van der Waals surface area contributed by atoms with Crippen LogP contribution >= 0.6 is 0 Å². The molecule has 0 saturated carbocycles. The molecule has 10 heteroatoms. The van der Waals surface area contributed by atoms with Crippen molar-refractivity contribution in [2.45, 2.75) is 5.92 Å². The number of benzene rings is 1. The average Bonchev–Trinajstić information content (AvgIpc) is 3.33. The Morgan fingerprint density at radius 1 is 1.07 bits per heavy atom. The molecule has 4 heterocycles. The lowest BCUT2D eigenvalue weighted by molar-refractivity contribution is 0.0307. The molecule has 0 unspecified atom stereocenters. The Labute approximate surface area is 161 Å². The lowest BCUT2D eigenvalue weighted by Gasteiger charge is -2.15. The van der Waals surface area contributed by atoms with Gasteiger partial charge >= 0.3 is 5.92 Å². The van der Waals surface area contributed by atoms with Crippen LogP contribution in [0.15, 0.2) is 59.7 Å². The van der Waals surface area contributed by atoms with Crippen molar-refractivity contribution in [2.75, 3.05) is 0 Å². The number of pyridine rings is 1. The van der Waals surface area contributed by atoms with Crippen LogP contribution in [0.5, 0.6) is 0 Å². The summed E-state index contributed by atoms with van der Waals surface area (Å²) in [4.78, 5) is 14.0. The van der Waals surface area contributed by atoms with Gasteiger partial charge in [-0.15, -0.1) is 10.2 Å². The summed E-state index contributed by atoms with van der Waals surface area (Å²) in [7, 11) is 1.76. The average molecular weight is 393 g/mol. The normalized spacial score (nSPS) is 12.1. The van der Waals surface area contributed by atoms with Crippen LogP contribution in [0.3, 0.4) is 0 Å². The highest BCUT2D eigenvalue weighted by Crippen LogP contribution is 2.35. The minimum Gasteiger partial charge on any atom is -0.322 e. The van der Waals surface area contributed by atoms with Crippen molar-refractivity contribution in [1.29, 1.82) is 0 Å². The van der Waals surface area contributed by atoms with Crippen molar-refractivity contribution in [3.8, 4) is 11.3 Å². The second kappa shape index (κ2) is 6.03. The fourth-order valence-corrected chi connectivity index (χ4v) is 3.17. The van der Waals surface area contributed by atoms with E-state index in [1.807, 2.05) is 0 Å². The van der Waals surface area contributed by atoms with Gasteiger partial charge in [0.15, 0.2) is 5.65 Å². The van der Waals surface area contributed by atoms with E-state index in [1.165, 1.54) is 30.3 Å². The topological polar surface area (TPSA) is 93.8 Å². The minimum absolute atomic E-state index is 0.206. The van der Waals surface area contributed by atoms with E-state index in [1.54, 1.807) is 36.3 Å². The van der Waals surface area contributed by atoms with E-state index in [-0.39, 0.29) is 16.8 Å². The van der Waals surface area contributed by atoms with Crippen molar-refractivity contribution in [3.63, 3.8) is 0 Å². The molecule has 144 valence electrons. The molecular formula is C19H13F2N7O. The van der Waals surface area contributed by atoms with E-state index >= 15 is 8.78 Å². The summed E-state index contributed by atoms with van der Waals surface area (Å²) < 4.78 is 33.3. The second-order valence-corrected chi connectivity index (χ2v) is 6.61. The van der Waals surface area contributed by atoms with E-state index in [4.69, 9.17) is 0 Å².